The lowest BCUT2D eigenvalue weighted by Crippen LogP contribution is -2.54. The predicted molar refractivity (Wildman–Crippen MR) is 117 cm³/mol. The number of hydrogen-bond donors (Lipinski definition) is 1. The summed E-state index contributed by atoms with van der Waals surface area (Å²) in [6.07, 6.45) is 1.07. The molecule has 0 aromatic heterocycles. The zero-order valence-electron chi connectivity index (χ0n) is 17.8. The quantitative estimate of drug-likeness (QED) is 0.564. The van der Waals surface area contributed by atoms with Crippen LogP contribution in [0.4, 0.5) is 9.18 Å². The Hall–Kier alpha value is -3.22. The Morgan fingerprint density at radius 2 is 1.97 bits per heavy atom. The lowest BCUT2D eigenvalue weighted by Gasteiger charge is -2.47. The topological polar surface area (TPSA) is 125 Å². The Morgan fingerprint density at radius 3 is 2.53 bits per heavy atom. The van der Waals surface area contributed by atoms with Crippen LogP contribution in [0, 0.1) is 62.5 Å². The molecule has 0 saturated heterocycles. The van der Waals surface area contributed by atoms with E-state index in [0.717, 1.165) is 0 Å². The highest BCUT2D eigenvalue weighted by atomic mass is 79.9. The molecule has 0 bridgehead atoms. The molecule has 0 spiro atoms. The minimum atomic E-state index is -2.07. The summed E-state index contributed by atoms with van der Waals surface area (Å²) in [6.45, 7) is 5.37. The van der Waals surface area contributed by atoms with Crippen LogP contribution in [0.1, 0.15) is 32.3 Å². The van der Waals surface area contributed by atoms with Gasteiger partial charge in [0, 0.05) is 29.4 Å². The van der Waals surface area contributed by atoms with Crippen LogP contribution < -0.4 is 0 Å². The summed E-state index contributed by atoms with van der Waals surface area (Å²) in [7, 11) is 0. The molecule has 1 aromatic rings. The first kappa shape index (κ1) is 23.4. The maximum absolute atomic E-state index is 15.0. The molecule has 2 aliphatic rings. The van der Waals surface area contributed by atoms with Crippen molar-refractivity contribution >= 4 is 27.7 Å². The van der Waals surface area contributed by atoms with Crippen molar-refractivity contribution in [1.29, 1.82) is 21.2 Å². The van der Waals surface area contributed by atoms with Crippen LogP contribution in [-0.4, -0.2) is 35.4 Å². The van der Waals surface area contributed by atoms with Crippen molar-refractivity contribution in [2.24, 2.45) is 17.3 Å². The fourth-order valence-corrected chi connectivity index (χ4v) is 4.76. The van der Waals surface area contributed by atoms with Crippen LogP contribution in [0.3, 0.4) is 0 Å². The fraction of sp³-hybridized carbons (Fsp3) is 0.435. The zero-order valence-corrected chi connectivity index (χ0v) is 19.4. The molecule has 3 atom stereocenters. The summed E-state index contributed by atoms with van der Waals surface area (Å²) in [5.74, 6) is -3.56. The second-order valence-electron chi connectivity index (χ2n) is 8.85. The number of carbonyl (C=O) groups excluding carboxylic acids is 1. The molecule has 0 radical (unpaired) electrons. The van der Waals surface area contributed by atoms with Gasteiger partial charge in [-0.3, -0.25) is 0 Å². The number of fused-ring (bicyclic) bond motifs is 1. The van der Waals surface area contributed by atoms with Gasteiger partial charge in [-0.15, -0.1) is 0 Å². The smallest absolute Gasteiger partial charge is 0.410 e. The molecule has 1 unspecified atom stereocenters. The molecule has 164 valence electrons. The summed E-state index contributed by atoms with van der Waals surface area (Å²) in [5, 5.41) is 38.5. The number of nitrogens with zero attached hydrogens (tertiary/aromatic N) is 4. The molecule has 1 aliphatic carbocycles. The van der Waals surface area contributed by atoms with Gasteiger partial charge in [0.2, 0.25) is 0 Å². The van der Waals surface area contributed by atoms with E-state index in [0.29, 0.717) is 10.0 Å². The third kappa shape index (κ3) is 3.87. The van der Waals surface area contributed by atoms with Crippen molar-refractivity contribution in [1.82, 2.24) is 4.90 Å². The monoisotopic (exact) mass is 497 g/mol. The van der Waals surface area contributed by atoms with Crippen LogP contribution in [0.25, 0.3) is 0 Å². The van der Waals surface area contributed by atoms with E-state index in [9.17, 15) is 20.6 Å². The highest BCUT2D eigenvalue weighted by Crippen LogP contribution is 2.54. The number of nitrogens with one attached hydrogen (secondary N) is 1. The van der Waals surface area contributed by atoms with E-state index in [1.54, 1.807) is 26.8 Å². The number of ether oxygens (including phenoxy) is 1. The molecular formula is C23H21BrFN5O2. The number of benzene rings is 1. The molecule has 1 aromatic carbocycles. The average molecular weight is 498 g/mol. The molecule has 7 nitrogen and oxygen atoms in total. The van der Waals surface area contributed by atoms with Gasteiger partial charge >= 0.3 is 6.09 Å². The summed E-state index contributed by atoms with van der Waals surface area (Å²) in [6, 6.07) is 10.0. The maximum atomic E-state index is 15.0. The van der Waals surface area contributed by atoms with Gasteiger partial charge in [-0.1, -0.05) is 22.0 Å². The molecular weight excluding hydrogens is 477 g/mol. The van der Waals surface area contributed by atoms with E-state index in [1.807, 2.05) is 18.2 Å². The fourth-order valence-electron chi connectivity index (χ4n) is 4.38. The molecule has 1 aliphatic heterocycles. The largest absolute Gasteiger partial charge is 0.444 e. The number of nitriles is 3. The van der Waals surface area contributed by atoms with E-state index < -0.39 is 40.7 Å². The summed E-state index contributed by atoms with van der Waals surface area (Å²) >= 11 is 3.30. The van der Waals surface area contributed by atoms with Gasteiger partial charge in [0.15, 0.2) is 5.41 Å². The van der Waals surface area contributed by atoms with Crippen molar-refractivity contribution in [3.63, 3.8) is 0 Å². The van der Waals surface area contributed by atoms with Crippen molar-refractivity contribution < 1.29 is 13.9 Å². The lowest BCUT2D eigenvalue weighted by atomic mass is 9.54. The first-order chi connectivity index (χ1) is 15.0. The number of rotatable bonds is 1. The van der Waals surface area contributed by atoms with Crippen LogP contribution >= 0.6 is 15.9 Å². The van der Waals surface area contributed by atoms with Gasteiger partial charge in [0.1, 0.15) is 17.3 Å². The van der Waals surface area contributed by atoms with E-state index in [1.165, 1.54) is 23.1 Å². The molecule has 1 amide bonds. The van der Waals surface area contributed by atoms with Gasteiger partial charge in [0.05, 0.1) is 23.9 Å². The Labute approximate surface area is 194 Å². The van der Waals surface area contributed by atoms with Crippen LogP contribution in [0.2, 0.25) is 0 Å². The molecule has 1 heterocycles. The molecule has 3 rings (SSSR count). The van der Waals surface area contributed by atoms with Gasteiger partial charge < -0.3 is 15.0 Å². The second-order valence-corrected chi connectivity index (χ2v) is 9.76. The molecule has 1 saturated carbocycles. The van der Waals surface area contributed by atoms with Gasteiger partial charge in [-0.2, -0.15) is 15.8 Å². The summed E-state index contributed by atoms with van der Waals surface area (Å²) in [4.78, 5) is 14.1. The van der Waals surface area contributed by atoms with E-state index in [2.05, 4.69) is 15.9 Å². The second kappa shape index (κ2) is 8.37. The molecule has 1 fully saturated rings. The predicted octanol–water partition coefficient (Wildman–Crippen LogP) is 4.67. The van der Waals surface area contributed by atoms with Gasteiger partial charge in [-0.25, -0.2) is 9.18 Å². The maximum Gasteiger partial charge on any atom is 0.410 e. The molecule has 1 N–H and O–H groups in total. The third-order valence-electron chi connectivity index (χ3n) is 5.73. The SMILES string of the molecule is CC(C)(C)OC(=O)N1CC=C2C(C#N)C(=N)C(C#N)(C#N)[C@H](c3cc(Br)ccc3F)[C@H]2C1. The number of amides is 1. The van der Waals surface area contributed by atoms with Crippen molar-refractivity contribution in [3.05, 3.63) is 45.7 Å². The van der Waals surface area contributed by atoms with Crippen LogP contribution in [0.5, 0.6) is 0 Å². The number of carbonyl (C=O) groups is 1. The lowest BCUT2D eigenvalue weighted by molar-refractivity contribution is 0.0221. The summed E-state index contributed by atoms with van der Waals surface area (Å²) < 4.78 is 21.0. The van der Waals surface area contributed by atoms with E-state index in [4.69, 9.17) is 10.1 Å². The normalized spacial score (nSPS) is 24.3. The molecule has 32 heavy (non-hydrogen) atoms. The first-order valence-electron chi connectivity index (χ1n) is 9.93. The number of halogens is 2. The van der Waals surface area contributed by atoms with Crippen LogP contribution in [-0.2, 0) is 4.74 Å². The van der Waals surface area contributed by atoms with E-state index >= 15 is 4.39 Å². The zero-order chi connectivity index (χ0) is 23.8. The highest BCUT2D eigenvalue weighted by Gasteiger charge is 2.58. The third-order valence-corrected chi connectivity index (χ3v) is 6.23. The van der Waals surface area contributed by atoms with Gasteiger partial charge in [-0.05, 0) is 50.1 Å². The van der Waals surface area contributed by atoms with Crippen molar-refractivity contribution in [3.8, 4) is 18.2 Å². The average Bonchev–Trinajstić information content (AvgIpc) is 2.73. The Kier molecular flexibility index (Phi) is 6.13. The molecule has 9 heteroatoms. The Morgan fingerprint density at radius 1 is 1.31 bits per heavy atom. The highest BCUT2D eigenvalue weighted by molar-refractivity contribution is 9.10. The van der Waals surface area contributed by atoms with Crippen molar-refractivity contribution in [2.75, 3.05) is 13.1 Å². The Balaban J connectivity index is 2.20. The first-order valence-corrected chi connectivity index (χ1v) is 10.7. The standard InChI is InChI=1S/C23H21BrFN5O2/c1-22(2,3)32-21(31)30-7-6-14-16(9-26)20(29)23(11-27,12-28)19(17(14)10-30)15-8-13(24)4-5-18(15)25/h4-6,8,16-17,19,29H,7,10H2,1-3H3/t16?,17-,19+/m0/s1. The summed E-state index contributed by atoms with van der Waals surface area (Å²) in [5.41, 5.74) is -2.58. The minimum absolute atomic E-state index is 0.0218. The number of hydrogen-bond acceptors (Lipinski definition) is 6. The Bertz CT molecular complexity index is 1120. The van der Waals surface area contributed by atoms with Crippen LogP contribution in [0.15, 0.2) is 34.3 Å². The van der Waals surface area contributed by atoms with Crippen molar-refractivity contribution in [2.45, 2.75) is 32.3 Å². The van der Waals surface area contributed by atoms with E-state index in [-0.39, 0.29) is 24.4 Å². The van der Waals surface area contributed by atoms with Gasteiger partial charge in [0.25, 0.3) is 0 Å². The minimum Gasteiger partial charge on any atom is -0.444 e.